The average molecular weight is 465 g/mol. The summed E-state index contributed by atoms with van der Waals surface area (Å²) in [5, 5.41) is 19.0. The summed E-state index contributed by atoms with van der Waals surface area (Å²) in [5.41, 5.74) is 7.96. The van der Waals surface area contributed by atoms with Crippen molar-refractivity contribution in [2.24, 2.45) is 5.10 Å². The predicted octanol–water partition coefficient (Wildman–Crippen LogP) is 0.847. The largest absolute Gasteiger partial charge is 0.416 e. The van der Waals surface area contributed by atoms with Crippen LogP contribution < -0.4 is 11.2 Å². The number of nitrogens with two attached hydrogens (primary N) is 1. The number of carbonyl (C=O) groups is 1. The van der Waals surface area contributed by atoms with Crippen LogP contribution in [-0.2, 0) is 17.5 Å². The number of alkyl halides is 3. The molecule has 1 aromatic carbocycles. The van der Waals surface area contributed by atoms with E-state index in [2.05, 4.69) is 35.8 Å². The quantitative estimate of drug-likeness (QED) is 0.399. The van der Waals surface area contributed by atoms with Crippen LogP contribution in [0.15, 0.2) is 34.0 Å². The zero-order valence-electron chi connectivity index (χ0n) is 17.0. The van der Waals surface area contributed by atoms with Crippen molar-refractivity contribution in [2.75, 3.05) is 32.0 Å². The molecule has 0 atom stereocenters. The van der Waals surface area contributed by atoms with E-state index in [1.165, 1.54) is 18.3 Å². The number of morpholine rings is 1. The SMILES string of the molecule is Nc1nonc1-n1nnc(CN2CCOCC2)c1C(=O)N/N=C/c1ccc(C(F)(F)F)cc1. The number of rotatable bonds is 6. The maximum atomic E-state index is 12.9. The summed E-state index contributed by atoms with van der Waals surface area (Å²) in [6.45, 7) is 2.70. The topological polar surface area (TPSA) is 150 Å². The zero-order valence-corrected chi connectivity index (χ0v) is 17.0. The number of nitrogens with one attached hydrogen (secondary N) is 1. The first-order valence-corrected chi connectivity index (χ1v) is 9.66. The summed E-state index contributed by atoms with van der Waals surface area (Å²) < 4.78 is 49.0. The van der Waals surface area contributed by atoms with Crippen LogP contribution in [0, 0.1) is 0 Å². The molecule has 0 saturated carbocycles. The molecule has 33 heavy (non-hydrogen) atoms. The molecule has 4 rings (SSSR count). The van der Waals surface area contributed by atoms with E-state index >= 15 is 0 Å². The third-order valence-corrected chi connectivity index (χ3v) is 4.75. The summed E-state index contributed by atoms with van der Waals surface area (Å²) >= 11 is 0. The van der Waals surface area contributed by atoms with Crippen molar-refractivity contribution in [3.8, 4) is 5.82 Å². The van der Waals surface area contributed by atoms with Gasteiger partial charge in [-0.1, -0.05) is 17.3 Å². The Balaban J connectivity index is 1.54. The lowest BCUT2D eigenvalue weighted by Gasteiger charge is -2.25. The van der Waals surface area contributed by atoms with Gasteiger partial charge in [0.25, 0.3) is 5.91 Å². The third kappa shape index (κ3) is 5.15. The fourth-order valence-corrected chi connectivity index (χ4v) is 3.08. The van der Waals surface area contributed by atoms with Crippen LogP contribution in [0.3, 0.4) is 0 Å². The van der Waals surface area contributed by atoms with Gasteiger partial charge in [0.2, 0.25) is 11.6 Å². The van der Waals surface area contributed by atoms with Crippen molar-refractivity contribution in [1.82, 2.24) is 35.6 Å². The van der Waals surface area contributed by atoms with Gasteiger partial charge in [-0.25, -0.2) is 10.1 Å². The molecule has 1 aliphatic rings. The van der Waals surface area contributed by atoms with Crippen LogP contribution in [0.25, 0.3) is 5.82 Å². The Morgan fingerprint density at radius 3 is 2.58 bits per heavy atom. The normalized spacial score (nSPS) is 15.2. The Hall–Kier alpha value is -3.85. The maximum absolute atomic E-state index is 12.9. The Kier molecular flexibility index (Phi) is 6.32. The van der Waals surface area contributed by atoms with E-state index in [9.17, 15) is 18.0 Å². The van der Waals surface area contributed by atoms with Gasteiger partial charge < -0.3 is 10.5 Å². The number of hydrogen-bond donors (Lipinski definition) is 2. The Labute approximate surface area is 184 Å². The van der Waals surface area contributed by atoms with E-state index in [1.54, 1.807) is 0 Å². The molecule has 1 amide bonds. The van der Waals surface area contributed by atoms with Gasteiger partial charge in [0.1, 0.15) is 5.69 Å². The standard InChI is InChI=1S/C18H18F3N9O3/c19-18(20,21)12-3-1-11(2-4-12)9-23-25-17(31)14-13(10-29-5-7-32-8-6-29)24-28-30(14)16-15(22)26-33-27-16/h1-4,9H,5-8,10H2,(H2,22,26)(H,25,31)/b23-9+. The lowest BCUT2D eigenvalue weighted by atomic mass is 10.1. The lowest BCUT2D eigenvalue weighted by molar-refractivity contribution is -0.137. The molecule has 1 saturated heterocycles. The zero-order chi connectivity index (χ0) is 23.4. The summed E-state index contributed by atoms with van der Waals surface area (Å²) in [7, 11) is 0. The fourth-order valence-electron chi connectivity index (χ4n) is 3.08. The summed E-state index contributed by atoms with van der Waals surface area (Å²) in [6, 6.07) is 4.30. The van der Waals surface area contributed by atoms with Crippen molar-refractivity contribution in [2.45, 2.75) is 12.7 Å². The van der Waals surface area contributed by atoms with Crippen molar-refractivity contribution in [1.29, 1.82) is 0 Å². The van der Waals surface area contributed by atoms with Gasteiger partial charge in [0.05, 0.1) is 25.0 Å². The molecule has 3 aromatic rings. The van der Waals surface area contributed by atoms with Gasteiger partial charge in [0, 0.05) is 19.6 Å². The molecule has 1 fully saturated rings. The number of halogens is 3. The summed E-state index contributed by atoms with van der Waals surface area (Å²) in [4.78, 5) is 15.0. The highest BCUT2D eigenvalue weighted by atomic mass is 19.4. The number of anilines is 1. The second-order valence-corrected chi connectivity index (χ2v) is 6.98. The van der Waals surface area contributed by atoms with Gasteiger partial charge in [-0.15, -0.1) is 5.10 Å². The smallest absolute Gasteiger partial charge is 0.379 e. The van der Waals surface area contributed by atoms with Crippen molar-refractivity contribution in [3.05, 3.63) is 46.8 Å². The van der Waals surface area contributed by atoms with Gasteiger partial charge in [-0.3, -0.25) is 9.69 Å². The number of nitrogen functional groups attached to an aromatic ring is 1. The highest BCUT2D eigenvalue weighted by Crippen LogP contribution is 2.28. The molecule has 3 N–H and O–H groups in total. The average Bonchev–Trinajstić information content (AvgIpc) is 3.40. The van der Waals surface area contributed by atoms with Gasteiger partial charge >= 0.3 is 6.18 Å². The molecule has 2 aromatic heterocycles. The molecule has 3 heterocycles. The second-order valence-electron chi connectivity index (χ2n) is 6.98. The molecular formula is C18H18F3N9O3. The van der Waals surface area contributed by atoms with Crippen LogP contribution in [0.4, 0.5) is 19.0 Å². The van der Waals surface area contributed by atoms with E-state index in [4.69, 9.17) is 10.5 Å². The number of aromatic nitrogens is 5. The highest BCUT2D eigenvalue weighted by molar-refractivity contribution is 5.95. The molecule has 0 spiro atoms. The first-order chi connectivity index (χ1) is 15.8. The number of nitrogens with zero attached hydrogens (tertiary/aromatic N) is 7. The Morgan fingerprint density at radius 1 is 1.21 bits per heavy atom. The Bertz CT molecular complexity index is 1140. The van der Waals surface area contributed by atoms with Crippen molar-refractivity contribution >= 4 is 17.9 Å². The molecule has 0 aliphatic carbocycles. The molecule has 0 bridgehead atoms. The number of amides is 1. The first kappa shape index (κ1) is 22.3. The third-order valence-electron chi connectivity index (χ3n) is 4.75. The number of hydrazone groups is 1. The van der Waals surface area contributed by atoms with E-state index < -0.39 is 17.6 Å². The van der Waals surface area contributed by atoms with E-state index in [0.717, 1.165) is 16.8 Å². The predicted molar refractivity (Wildman–Crippen MR) is 106 cm³/mol. The second kappa shape index (κ2) is 9.33. The van der Waals surface area contributed by atoms with Crippen LogP contribution in [0.1, 0.15) is 27.3 Å². The van der Waals surface area contributed by atoms with Crippen LogP contribution in [0.2, 0.25) is 0 Å². The minimum atomic E-state index is -4.44. The molecule has 174 valence electrons. The van der Waals surface area contributed by atoms with Crippen LogP contribution >= 0.6 is 0 Å². The van der Waals surface area contributed by atoms with Crippen molar-refractivity contribution in [3.63, 3.8) is 0 Å². The lowest BCUT2D eigenvalue weighted by Crippen LogP contribution is -2.36. The molecule has 0 radical (unpaired) electrons. The number of hydrogen-bond acceptors (Lipinski definition) is 10. The molecule has 1 aliphatic heterocycles. The summed E-state index contributed by atoms with van der Waals surface area (Å²) in [6.07, 6.45) is -3.23. The molecule has 0 unspecified atom stereocenters. The minimum absolute atomic E-state index is 0.00783. The van der Waals surface area contributed by atoms with Gasteiger partial charge in [-0.05, 0) is 28.0 Å². The van der Waals surface area contributed by atoms with E-state index in [-0.39, 0.29) is 17.3 Å². The van der Waals surface area contributed by atoms with E-state index in [0.29, 0.717) is 44.1 Å². The molecule has 12 nitrogen and oxygen atoms in total. The van der Waals surface area contributed by atoms with Crippen LogP contribution in [-0.4, -0.2) is 68.6 Å². The van der Waals surface area contributed by atoms with Gasteiger partial charge in [-0.2, -0.15) is 23.0 Å². The monoisotopic (exact) mass is 465 g/mol. The minimum Gasteiger partial charge on any atom is -0.379 e. The molecule has 15 heteroatoms. The van der Waals surface area contributed by atoms with E-state index in [1.807, 2.05) is 4.90 Å². The molecular weight excluding hydrogens is 447 g/mol. The number of benzene rings is 1. The van der Waals surface area contributed by atoms with Crippen molar-refractivity contribution < 1.29 is 27.3 Å². The van der Waals surface area contributed by atoms with Gasteiger partial charge in [0.15, 0.2) is 5.69 Å². The number of ether oxygens (including phenoxy) is 1. The first-order valence-electron chi connectivity index (χ1n) is 9.66. The summed E-state index contributed by atoms with van der Waals surface area (Å²) in [5.74, 6) is -0.804. The number of carbonyl (C=O) groups excluding carboxylic acids is 1. The fraction of sp³-hybridized carbons (Fsp3) is 0.333. The highest BCUT2D eigenvalue weighted by Gasteiger charge is 2.30. The van der Waals surface area contributed by atoms with Crippen LogP contribution in [0.5, 0.6) is 0 Å². The maximum Gasteiger partial charge on any atom is 0.416 e. The Morgan fingerprint density at radius 2 is 1.94 bits per heavy atom.